The van der Waals surface area contributed by atoms with E-state index in [0.29, 0.717) is 60.0 Å². The predicted molar refractivity (Wildman–Crippen MR) is 254 cm³/mol. The van der Waals surface area contributed by atoms with Crippen LogP contribution in [0.15, 0.2) is 114 Å². The first-order chi connectivity index (χ1) is 32.9. The molecule has 3 N–H and O–H groups in total. The molecular formula is C54H63N3O10. The van der Waals surface area contributed by atoms with Crippen molar-refractivity contribution in [2.24, 2.45) is 22.9 Å². The van der Waals surface area contributed by atoms with Crippen LogP contribution < -0.4 is 9.47 Å². The van der Waals surface area contributed by atoms with E-state index in [2.05, 4.69) is 36.9 Å². The Balaban J connectivity index is 1.33. The van der Waals surface area contributed by atoms with Gasteiger partial charge in [0.25, 0.3) is 5.91 Å². The zero-order chi connectivity index (χ0) is 46.6. The first-order valence-electron chi connectivity index (χ1n) is 23.9. The standard InChI is InChI=1S/C54H63N3O10/c1-2-28-64-54-49(57(24-30-62-31-27-60)53(61)39-18-16-37(36-55)17-19-39)35-47(56-67-50-15-7-10-29-63-50)45-33-41(13-5-8-25-58)44(14-6-9-26-59)51(52(45)54)46-34-43(22-23-48(46)66-54)65-42-21-20-38-11-3-4-12-40(38)32-42/h2-4,11-12,16-23,32-34,41,44,49-52,58-60H,1,5-10,13-15,24-31,35H2. The molecule has 0 aromatic heterocycles. The van der Waals surface area contributed by atoms with Crippen molar-refractivity contribution < 1.29 is 48.6 Å². The Kier molecular flexibility index (Phi) is 16.4. The van der Waals surface area contributed by atoms with Crippen molar-refractivity contribution in [3.63, 3.8) is 0 Å². The number of carbonyl (C=O) groups is 1. The second-order valence-electron chi connectivity index (χ2n) is 17.8. The van der Waals surface area contributed by atoms with Crippen molar-refractivity contribution in [3.8, 4) is 23.3 Å². The number of allylic oxidation sites excluding steroid dienone is 1. The number of unbranched alkanes of at least 4 members (excludes halogenated alkanes) is 2. The van der Waals surface area contributed by atoms with Gasteiger partial charge in [-0.25, -0.2) is 0 Å². The molecule has 13 nitrogen and oxygen atoms in total. The molecule has 1 saturated carbocycles. The van der Waals surface area contributed by atoms with Crippen LogP contribution in [0.25, 0.3) is 10.8 Å². The number of benzene rings is 4. The van der Waals surface area contributed by atoms with E-state index in [1.807, 2.05) is 42.5 Å². The molecule has 4 aliphatic rings. The average molecular weight is 914 g/mol. The van der Waals surface area contributed by atoms with Gasteiger partial charge in [-0.15, -0.1) is 6.58 Å². The number of carbonyl (C=O) groups excluding carboxylic acids is 1. The molecule has 0 spiro atoms. The van der Waals surface area contributed by atoms with Crippen molar-refractivity contribution in [2.45, 2.75) is 88.2 Å². The summed E-state index contributed by atoms with van der Waals surface area (Å²) in [6, 6.07) is 28.0. The number of hydrogen-bond donors (Lipinski definition) is 3. The Morgan fingerprint density at radius 1 is 0.910 bits per heavy atom. The van der Waals surface area contributed by atoms with E-state index < -0.39 is 24.0 Å². The van der Waals surface area contributed by atoms with E-state index in [4.69, 9.17) is 33.7 Å². The van der Waals surface area contributed by atoms with Crippen molar-refractivity contribution in [1.82, 2.24) is 4.90 Å². The van der Waals surface area contributed by atoms with Gasteiger partial charge < -0.3 is 48.7 Å². The number of ether oxygens (including phenoxy) is 5. The maximum Gasteiger partial charge on any atom is 0.254 e. The summed E-state index contributed by atoms with van der Waals surface area (Å²) < 4.78 is 33.1. The lowest BCUT2D eigenvalue weighted by Gasteiger charge is -2.60. The molecule has 7 atom stereocenters. The number of aliphatic hydroxyl groups excluding tert-OH is 3. The smallest absolute Gasteiger partial charge is 0.254 e. The Bertz CT molecular complexity index is 2410. The third kappa shape index (κ3) is 10.8. The predicted octanol–water partition coefficient (Wildman–Crippen LogP) is 8.82. The molecule has 7 unspecified atom stereocenters. The minimum absolute atomic E-state index is 0.00225. The number of rotatable bonds is 22. The largest absolute Gasteiger partial charge is 0.459 e. The summed E-state index contributed by atoms with van der Waals surface area (Å²) in [5, 5.41) is 46.5. The van der Waals surface area contributed by atoms with Gasteiger partial charge in [0.2, 0.25) is 12.1 Å². The van der Waals surface area contributed by atoms with E-state index in [-0.39, 0.29) is 76.3 Å². The minimum Gasteiger partial charge on any atom is -0.459 e. The Morgan fingerprint density at radius 2 is 1.69 bits per heavy atom. The lowest BCUT2D eigenvalue weighted by Crippen LogP contribution is -2.70. The van der Waals surface area contributed by atoms with E-state index in [1.165, 1.54) is 0 Å². The van der Waals surface area contributed by atoms with Gasteiger partial charge in [-0.2, -0.15) is 5.26 Å². The van der Waals surface area contributed by atoms with Crippen molar-refractivity contribution in [1.29, 1.82) is 5.26 Å². The van der Waals surface area contributed by atoms with Crippen LogP contribution in [0.5, 0.6) is 17.2 Å². The van der Waals surface area contributed by atoms with Gasteiger partial charge in [-0.1, -0.05) is 60.5 Å². The van der Waals surface area contributed by atoms with Gasteiger partial charge in [-0.3, -0.25) is 4.79 Å². The number of fused-ring (bicyclic) bond motifs is 3. The average Bonchev–Trinajstić information content (AvgIpc) is 3.36. The molecule has 2 aliphatic heterocycles. The number of amides is 1. The molecule has 4 aromatic rings. The molecule has 8 rings (SSSR count). The lowest BCUT2D eigenvalue weighted by atomic mass is 9.55. The maximum atomic E-state index is 15.2. The van der Waals surface area contributed by atoms with E-state index in [1.54, 1.807) is 35.2 Å². The summed E-state index contributed by atoms with van der Waals surface area (Å²) in [7, 11) is 0. The molecule has 4 aromatic carbocycles. The molecule has 1 saturated heterocycles. The quantitative estimate of drug-likeness (QED) is 0.0391. The molecule has 2 heterocycles. The van der Waals surface area contributed by atoms with E-state index in [0.717, 1.165) is 60.4 Å². The summed E-state index contributed by atoms with van der Waals surface area (Å²) in [5.74, 6) is -0.699. The van der Waals surface area contributed by atoms with Crippen LogP contribution in [0.2, 0.25) is 0 Å². The van der Waals surface area contributed by atoms with Crippen LogP contribution in [-0.4, -0.2) is 103 Å². The van der Waals surface area contributed by atoms with Gasteiger partial charge in [-0.05, 0) is 121 Å². The van der Waals surface area contributed by atoms with Crippen LogP contribution in [0.1, 0.15) is 91.6 Å². The fourth-order valence-electron chi connectivity index (χ4n) is 10.6. The normalized spacial score (nSPS) is 24.7. The highest BCUT2D eigenvalue weighted by molar-refractivity contribution is 6.03. The summed E-state index contributed by atoms with van der Waals surface area (Å²) in [4.78, 5) is 23.2. The number of aliphatic hydroxyl groups is 3. The van der Waals surface area contributed by atoms with E-state index >= 15 is 4.79 Å². The van der Waals surface area contributed by atoms with Crippen LogP contribution in [-0.2, 0) is 19.0 Å². The van der Waals surface area contributed by atoms with Gasteiger partial charge in [0.1, 0.15) is 23.3 Å². The van der Waals surface area contributed by atoms with Crippen molar-refractivity contribution in [2.75, 3.05) is 52.8 Å². The molecule has 67 heavy (non-hydrogen) atoms. The fraction of sp³-hybridized carbons (Fsp3) is 0.463. The van der Waals surface area contributed by atoms with Gasteiger partial charge >= 0.3 is 0 Å². The fourth-order valence-corrected chi connectivity index (χ4v) is 10.6. The second kappa shape index (κ2) is 22.9. The maximum absolute atomic E-state index is 15.2. The summed E-state index contributed by atoms with van der Waals surface area (Å²) >= 11 is 0. The first kappa shape index (κ1) is 47.9. The van der Waals surface area contributed by atoms with Crippen LogP contribution >= 0.6 is 0 Å². The summed E-state index contributed by atoms with van der Waals surface area (Å²) in [6.45, 7) is 5.00. The molecule has 354 valence electrons. The summed E-state index contributed by atoms with van der Waals surface area (Å²) in [5.41, 5.74) is 3.27. The van der Waals surface area contributed by atoms with Crippen LogP contribution in [0.3, 0.4) is 0 Å². The lowest BCUT2D eigenvalue weighted by molar-refractivity contribution is -0.255. The van der Waals surface area contributed by atoms with Crippen LogP contribution in [0, 0.1) is 29.1 Å². The molecule has 0 radical (unpaired) electrons. The second-order valence-corrected chi connectivity index (χ2v) is 17.8. The highest BCUT2D eigenvalue weighted by Crippen LogP contribution is 2.62. The highest BCUT2D eigenvalue weighted by Gasteiger charge is 2.65. The van der Waals surface area contributed by atoms with Gasteiger partial charge in [0, 0.05) is 49.6 Å². The van der Waals surface area contributed by atoms with Crippen molar-refractivity contribution in [3.05, 3.63) is 126 Å². The Hall–Kier alpha value is -5.59. The molecule has 1 amide bonds. The minimum atomic E-state index is -1.51. The number of oxime groups is 1. The zero-order valence-corrected chi connectivity index (χ0v) is 38.2. The van der Waals surface area contributed by atoms with Gasteiger partial charge in [0.05, 0.1) is 56.3 Å². The first-order valence-corrected chi connectivity index (χ1v) is 23.9. The third-order valence-corrected chi connectivity index (χ3v) is 13.6. The molecule has 13 heteroatoms. The van der Waals surface area contributed by atoms with Crippen LogP contribution in [0.4, 0.5) is 0 Å². The topological polar surface area (TPSA) is 173 Å². The monoisotopic (exact) mass is 913 g/mol. The van der Waals surface area contributed by atoms with Crippen molar-refractivity contribution >= 4 is 22.4 Å². The third-order valence-electron chi connectivity index (χ3n) is 13.6. The SMILES string of the molecule is C=CCOC12Oc3ccc(Oc4ccc5ccccc5c4)cc3C3C(CCCCO)C(CCCCO)C=C(C(=NOC4CCCCO4)CC1N(CCOCCO)C(=O)c1ccc(C#N)cc1)C32. The number of hydrogen-bond acceptors (Lipinski definition) is 12. The van der Waals surface area contributed by atoms with E-state index in [9.17, 15) is 20.6 Å². The summed E-state index contributed by atoms with van der Waals surface area (Å²) in [6.07, 6.45) is 10.7. The Labute approximate surface area is 393 Å². The molecule has 2 fully saturated rings. The number of nitrogens with zero attached hydrogens (tertiary/aromatic N) is 3. The molecule has 2 aliphatic carbocycles. The highest BCUT2D eigenvalue weighted by atomic mass is 16.8. The molecule has 0 bridgehead atoms. The van der Waals surface area contributed by atoms with Gasteiger partial charge in [0.15, 0.2) is 0 Å². The zero-order valence-electron chi connectivity index (χ0n) is 38.2. The number of nitriles is 1. The Morgan fingerprint density at radius 3 is 2.43 bits per heavy atom. The molecular weight excluding hydrogens is 851 g/mol.